The van der Waals surface area contributed by atoms with E-state index in [2.05, 4.69) is 31.3 Å². The number of carboxylic acid groups (broad SMARTS) is 1. The van der Waals surface area contributed by atoms with Crippen LogP contribution >= 0.6 is 0 Å². The van der Waals surface area contributed by atoms with Crippen molar-refractivity contribution < 1.29 is 90.2 Å². The fourth-order valence-corrected chi connectivity index (χ4v) is 4.59. The molecule has 302 valence electrons. The largest absolute Gasteiger partial charge is 0.478 e. The van der Waals surface area contributed by atoms with Gasteiger partial charge < -0.3 is 16.2 Å². The maximum atomic E-state index is 12.4. The van der Waals surface area contributed by atoms with Crippen LogP contribution in [-0.2, 0) is 6.42 Å². The fraction of sp³-hybridized carbons (Fsp3) is 0.292. The number of aryl methyl sites for hydroxylation is 1. The monoisotopic (exact) mass is 798 g/mol. The van der Waals surface area contributed by atoms with Crippen LogP contribution in [-0.4, -0.2) is 23.5 Å². The molecule has 0 radical (unpaired) electrons. The number of aromatic carboxylic acids is 1. The van der Waals surface area contributed by atoms with Gasteiger partial charge in [0.2, 0.25) is 0 Å². The fourth-order valence-electron chi connectivity index (χ4n) is 4.59. The van der Waals surface area contributed by atoms with E-state index in [0.717, 1.165) is 39.2 Å². The molecule has 0 aliphatic heterocycles. The Kier molecular flexibility index (Phi) is 43.9. The van der Waals surface area contributed by atoms with E-state index in [4.69, 9.17) is 10.8 Å². The summed E-state index contributed by atoms with van der Waals surface area (Å²) < 4.78 is 0. The second-order valence-electron chi connectivity index (χ2n) is 10.2. The normalized spacial score (nSPS) is 8.49. The number of hydrogen-bond donors (Lipinski definition) is 3. The minimum Gasteiger partial charge on any atom is -0.478 e. The minimum atomic E-state index is -0.878. The Morgan fingerprint density at radius 2 is 0.891 bits per heavy atom. The summed E-state index contributed by atoms with van der Waals surface area (Å²) in [5, 5.41) is 15.8. The van der Waals surface area contributed by atoms with E-state index < -0.39 is 5.97 Å². The standard InChI is InChI=1S/C19H16O.C11H8O2.C7H10N2.C3H8.4C2H6.2Ar/c20-19(14-13-15-7-2-1-3-8-15)18-12-6-10-16-9-4-5-11-17(16)18;12-11(13)10-7-3-5-8-4-1-2-6-9(8)10;8-6-9-7-4-2-1-3-5-7;1-3-2;4*1-2;;/h1-12H,13-14H2;1-7H,(H,12,13);1-5,9H,6,8H2;3H2,1-2H3;4*1-2H3;;. The number of hydrogen-bond acceptors (Lipinski definition) is 4. The van der Waals surface area contributed by atoms with Gasteiger partial charge in [-0.1, -0.05) is 203 Å². The van der Waals surface area contributed by atoms with Crippen molar-refractivity contribution in [2.45, 2.75) is 88.5 Å². The van der Waals surface area contributed by atoms with Gasteiger partial charge in [-0.25, -0.2) is 4.79 Å². The Hall–Kier alpha value is -2.74. The molecule has 0 atom stereocenters. The van der Waals surface area contributed by atoms with Crippen molar-refractivity contribution in [2.75, 3.05) is 12.0 Å². The predicted molar refractivity (Wildman–Crippen MR) is 234 cm³/mol. The van der Waals surface area contributed by atoms with Crippen LogP contribution in [0.25, 0.3) is 21.5 Å². The van der Waals surface area contributed by atoms with Crippen molar-refractivity contribution in [2.24, 2.45) is 5.73 Å². The maximum Gasteiger partial charge on any atom is 0.336 e. The van der Waals surface area contributed by atoms with Crippen molar-refractivity contribution in [1.82, 2.24) is 0 Å². The first-order valence-corrected chi connectivity index (χ1v) is 19.2. The van der Waals surface area contributed by atoms with Gasteiger partial charge in [0.15, 0.2) is 5.78 Å². The molecule has 6 aromatic carbocycles. The van der Waals surface area contributed by atoms with Crippen molar-refractivity contribution >= 4 is 39.0 Å². The first kappa shape index (κ1) is 59.0. The Morgan fingerprint density at radius 3 is 1.33 bits per heavy atom. The molecule has 0 fully saturated rings. The summed E-state index contributed by atoms with van der Waals surface area (Å²) in [6.45, 7) is 20.7. The molecule has 0 amide bonds. The van der Waals surface area contributed by atoms with E-state index in [1.807, 2.05) is 177 Å². The van der Waals surface area contributed by atoms with Crippen LogP contribution < -0.4 is 11.1 Å². The molecule has 0 spiro atoms. The molecule has 0 aliphatic carbocycles. The Labute approximate surface area is 393 Å². The number of Topliss-reactive ketones (excluding diaryl/α,β-unsaturated/α-hetero) is 1. The number of nitrogens with two attached hydrogens (primary N) is 1. The van der Waals surface area contributed by atoms with Gasteiger partial charge in [0.25, 0.3) is 0 Å². The first-order valence-electron chi connectivity index (χ1n) is 19.2. The number of benzene rings is 6. The van der Waals surface area contributed by atoms with E-state index in [9.17, 15) is 9.59 Å². The summed E-state index contributed by atoms with van der Waals surface area (Å²) >= 11 is 0. The Balaban J connectivity index is -0.000000324. The molecular formula is C48H66Ar2N2O3. The van der Waals surface area contributed by atoms with Crippen LogP contribution in [0.5, 0.6) is 0 Å². The summed E-state index contributed by atoms with van der Waals surface area (Å²) in [6, 6.07) is 46.7. The van der Waals surface area contributed by atoms with Gasteiger partial charge in [0.05, 0.1) is 12.2 Å². The van der Waals surface area contributed by atoms with E-state index in [-0.39, 0.29) is 81.3 Å². The first-order chi connectivity index (χ1) is 26.0. The van der Waals surface area contributed by atoms with Gasteiger partial charge in [0, 0.05) is 93.1 Å². The van der Waals surface area contributed by atoms with Gasteiger partial charge in [-0.05, 0) is 51.7 Å². The number of carbonyl (C=O) groups excluding carboxylic acids is 1. The van der Waals surface area contributed by atoms with E-state index in [1.54, 1.807) is 12.1 Å². The number of rotatable bonds is 7. The van der Waals surface area contributed by atoms with Gasteiger partial charge in [0.1, 0.15) is 0 Å². The van der Waals surface area contributed by atoms with E-state index >= 15 is 0 Å². The second-order valence-corrected chi connectivity index (χ2v) is 10.2. The van der Waals surface area contributed by atoms with Crippen LogP contribution in [0.4, 0.5) is 5.69 Å². The molecule has 55 heavy (non-hydrogen) atoms. The van der Waals surface area contributed by atoms with Crippen LogP contribution in [0.15, 0.2) is 146 Å². The van der Waals surface area contributed by atoms with Crippen LogP contribution in [0, 0.1) is 75.5 Å². The molecule has 0 unspecified atom stereocenters. The molecule has 0 aromatic heterocycles. The molecule has 0 saturated carbocycles. The summed E-state index contributed by atoms with van der Waals surface area (Å²) in [4.78, 5) is 23.2. The van der Waals surface area contributed by atoms with Crippen LogP contribution in [0.3, 0.4) is 0 Å². The molecule has 5 nitrogen and oxygen atoms in total. The molecule has 0 bridgehead atoms. The van der Waals surface area contributed by atoms with Crippen LogP contribution in [0.1, 0.15) is 108 Å². The zero-order chi connectivity index (χ0) is 40.3. The Morgan fingerprint density at radius 1 is 0.527 bits per heavy atom. The quantitative estimate of drug-likeness (QED) is 0.110. The molecule has 7 heteroatoms. The minimum absolute atomic E-state index is 0. The third-order valence-electron chi connectivity index (χ3n) is 6.67. The zero-order valence-electron chi connectivity index (χ0n) is 34.7. The van der Waals surface area contributed by atoms with E-state index in [0.29, 0.717) is 18.7 Å². The summed E-state index contributed by atoms with van der Waals surface area (Å²) in [6.07, 6.45) is 2.60. The number of fused-ring (bicyclic) bond motifs is 2. The maximum absolute atomic E-state index is 12.4. The number of ketones is 1. The van der Waals surface area contributed by atoms with Crippen molar-refractivity contribution in [1.29, 1.82) is 0 Å². The van der Waals surface area contributed by atoms with Gasteiger partial charge in [-0.15, -0.1) is 0 Å². The molecule has 0 heterocycles. The molecule has 6 rings (SSSR count). The predicted octanol–water partition coefficient (Wildman–Crippen LogP) is 13.7. The van der Waals surface area contributed by atoms with Crippen molar-refractivity contribution in [3.63, 3.8) is 0 Å². The van der Waals surface area contributed by atoms with Gasteiger partial charge in [-0.2, -0.15) is 0 Å². The molecule has 0 aliphatic rings. The average Bonchev–Trinajstić information content (AvgIpc) is 3.24. The molecule has 4 N–H and O–H groups in total. The molecule has 0 saturated heterocycles. The number of carboxylic acids is 1. The summed E-state index contributed by atoms with van der Waals surface area (Å²) in [5.74, 6) is -0.664. The number of nitrogens with one attached hydrogen (secondary N) is 1. The Bertz CT molecular complexity index is 1760. The molecule has 6 aromatic rings. The number of anilines is 1. The summed E-state index contributed by atoms with van der Waals surface area (Å²) in [5.41, 5.74) is 8.72. The SMILES string of the molecule is CC.CC.CC.CC.CCC.NCNc1ccccc1.O=C(CCc1ccccc1)c1cccc2ccccc12.O=C(O)c1cccc2ccccc12.[Ar].[Ar]. The second kappa shape index (κ2) is 40.9. The third kappa shape index (κ3) is 24.5. The number of para-hydroxylation sites is 1. The van der Waals surface area contributed by atoms with E-state index in [1.165, 1.54) is 12.0 Å². The van der Waals surface area contributed by atoms with Gasteiger partial charge >= 0.3 is 5.97 Å². The van der Waals surface area contributed by atoms with Crippen molar-refractivity contribution in [3.05, 3.63) is 162 Å². The topological polar surface area (TPSA) is 92.4 Å². The smallest absolute Gasteiger partial charge is 0.336 e. The third-order valence-corrected chi connectivity index (χ3v) is 6.67. The summed E-state index contributed by atoms with van der Waals surface area (Å²) in [7, 11) is 0. The number of carbonyl (C=O) groups is 2. The zero-order valence-corrected chi connectivity index (χ0v) is 36.1. The van der Waals surface area contributed by atoms with Gasteiger partial charge in [-0.3, -0.25) is 4.79 Å². The van der Waals surface area contributed by atoms with Crippen molar-refractivity contribution in [3.8, 4) is 0 Å². The average molecular weight is 799 g/mol. The molecular weight excluding hydrogens is 732 g/mol. The van der Waals surface area contributed by atoms with Crippen LogP contribution in [0.2, 0.25) is 0 Å².